The Morgan fingerprint density at radius 3 is 3.00 bits per heavy atom. The zero-order chi connectivity index (χ0) is 15.9. The lowest BCUT2D eigenvalue weighted by Crippen LogP contribution is -2.33. The minimum atomic E-state index is -0.264. The molecule has 2 amide bonds. The van der Waals surface area contributed by atoms with E-state index in [1.807, 2.05) is 38.1 Å². The topological polar surface area (TPSA) is 58.6 Å². The molecule has 0 bridgehead atoms. The fourth-order valence-corrected chi connectivity index (χ4v) is 2.60. The van der Waals surface area contributed by atoms with Gasteiger partial charge in [-0.05, 0) is 38.0 Å². The third-order valence-electron chi connectivity index (χ3n) is 3.78. The van der Waals surface area contributed by atoms with E-state index in [1.54, 1.807) is 4.90 Å². The lowest BCUT2D eigenvalue weighted by Gasteiger charge is -2.17. The van der Waals surface area contributed by atoms with Gasteiger partial charge in [-0.25, -0.2) is 0 Å². The summed E-state index contributed by atoms with van der Waals surface area (Å²) in [7, 11) is 0. The number of nitrogens with one attached hydrogen (secondary N) is 1. The molecule has 0 aliphatic carbocycles. The summed E-state index contributed by atoms with van der Waals surface area (Å²) in [5.74, 6) is -0.292. The molecular weight excluding hydrogens is 280 g/mol. The van der Waals surface area contributed by atoms with Gasteiger partial charge in [-0.2, -0.15) is 0 Å². The van der Waals surface area contributed by atoms with E-state index in [0.29, 0.717) is 26.3 Å². The highest BCUT2D eigenvalue weighted by Crippen LogP contribution is 2.25. The number of benzene rings is 1. The van der Waals surface area contributed by atoms with Gasteiger partial charge in [0.25, 0.3) is 0 Å². The van der Waals surface area contributed by atoms with Crippen LogP contribution in [0.5, 0.6) is 0 Å². The van der Waals surface area contributed by atoms with E-state index >= 15 is 0 Å². The Bertz CT molecular complexity index is 530. The molecule has 1 N–H and O–H groups in total. The summed E-state index contributed by atoms with van der Waals surface area (Å²) in [6.45, 7) is 6.33. The number of carbonyl (C=O) groups excluding carboxylic acids is 2. The molecule has 1 heterocycles. The molecule has 1 aliphatic rings. The number of anilines is 1. The summed E-state index contributed by atoms with van der Waals surface area (Å²) in [6.07, 6.45) is 1.08. The summed E-state index contributed by atoms with van der Waals surface area (Å²) in [5.41, 5.74) is 1.98. The molecule has 0 spiro atoms. The van der Waals surface area contributed by atoms with Crippen LogP contribution in [-0.4, -0.2) is 38.1 Å². The van der Waals surface area contributed by atoms with E-state index in [4.69, 9.17) is 4.74 Å². The zero-order valence-corrected chi connectivity index (χ0v) is 13.3. The monoisotopic (exact) mass is 304 g/mol. The highest BCUT2D eigenvalue weighted by Gasteiger charge is 2.34. The SMILES string of the molecule is CCOCCCNC(=O)C1CC(=O)N(c2cccc(C)c2)C1. The van der Waals surface area contributed by atoms with Crippen molar-refractivity contribution in [1.29, 1.82) is 0 Å². The average Bonchev–Trinajstić information content (AvgIpc) is 2.89. The van der Waals surface area contributed by atoms with Crippen molar-refractivity contribution < 1.29 is 14.3 Å². The fraction of sp³-hybridized carbons (Fsp3) is 0.529. The summed E-state index contributed by atoms with van der Waals surface area (Å²) in [4.78, 5) is 26.0. The lowest BCUT2D eigenvalue weighted by atomic mass is 10.1. The predicted octanol–water partition coefficient (Wildman–Crippen LogP) is 1.89. The highest BCUT2D eigenvalue weighted by atomic mass is 16.5. The molecule has 1 aromatic rings. The molecule has 1 atom stereocenters. The molecule has 1 fully saturated rings. The van der Waals surface area contributed by atoms with Gasteiger partial charge in [0.15, 0.2) is 0 Å². The van der Waals surface area contributed by atoms with Crippen LogP contribution in [0.25, 0.3) is 0 Å². The van der Waals surface area contributed by atoms with E-state index in [2.05, 4.69) is 5.32 Å². The number of aryl methyl sites for hydroxylation is 1. The molecule has 0 saturated carbocycles. The second-order valence-corrected chi connectivity index (χ2v) is 5.59. The Hall–Kier alpha value is -1.88. The van der Waals surface area contributed by atoms with Crippen molar-refractivity contribution in [3.63, 3.8) is 0 Å². The quantitative estimate of drug-likeness (QED) is 0.783. The molecule has 5 nitrogen and oxygen atoms in total. The minimum Gasteiger partial charge on any atom is -0.382 e. The van der Waals surface area contributed by atoms with Gasteiger partial charge in [-0.15, -0.1) is 0 Å². The van der Waals surface area contributed by atoms with E-state index in [-0.39, 0.29) is 24.2 Å². The van der Waals surface area contributed by atoms with Crippen LogP contribution in [0.1, 0.15) is 25.3 Å². The number of amides is 2. The molecule has 0 radical (unpaired) electrons. The Labute approximate surface area is 131 Å². The van der Waals surface area contributed by atoms with Crippen molar-refractivity contribution in [3.05, 3.63) is 29.8 Å². The van der Waals surface area contributed by atoms with Crippen LogP contribution in [0.15, 0.2) is 24.3 Å². The second-order valence-electron chi connectivity index (χ2n) is 5.59. The fourth-order valence-electron chi connectivity index (χ4n) is 2.60. The van der Waals surface area contributed by atoms with Gasteiger partial charge in [-0.1, -0.05) is 12.1 Å². The van der Waals surface area contributed by atoms with Crippen LogP contribution in [0.2, 0.25) is 0 Å². The zero-order valence-electron chi connectivity index (χ0n) is 13.3. The molecule has 0 aromatic heterocycles. The minimum absolute atomic E-state index is 0.0140. The summed E-state index contributed by atoms with van der Waals surface area (Å²) < 4.78 is 5.23. The van der Waals surface area contributed by atoms with Gasteiger partial charge in [0.1, 0.15) is 0 Å². The summed E-state index contributed by atoms with van der Waals surface area (Å²) in [6, 6.07) is 7.80. The number of hydrogen-bond donors (Lipinski definition) is 1. The van der Waals surface area contributed by atoms with Crippen molar-refractivity contribution in [1.82, 2.24) is 5.32 Å². The lowest BCUT2D eigenvalue weighted by molar-refractivity contribution is -0.126. The van der Waals surface area contributed by atoms with Crippen LogP contribution < -0.4 is 10.2 Å². The van der Waals surface area contributed by atoms with E-state index in [1.165, 1.54) is 0 Å². The third kappa shape index (κ3) is 4.31. The first-order valence-corrected chi connectivity index (χ1v) is 7.84. The molecule has 1 saturated heterocycles. The Balaban J connectivity index is 1.85. The molecule has 5 heteroatoms. The Morgan fingerprint density at radius 1 is 1.45 bits per heavy atom. The number of hydrogen-bond acceptors (Lipinski definition) is 3. The molecule has 120 valence electrons. The van der Waals surface area contributed by atoms with Crippen LogP contribution in [-0.2, 0) is 14.3 Å². The smallest absolute Gasteiger partial charge is 0.227 e. The van der Waals surface area contributed by atoms with Gasteiger partial charge >= 0.3 is 0 Å². The number of carbonyl (C=O) groups is 2. The maximum absolute atomic E-state index is 12.1. The second kappa shape index (κ2) is 7.94. The first-order valence-electron chi connectivity index (χ1n) is 7.84. The number of ether oxygens (including phenoxy) is 1. The first kappa shape index (κ1) is 16.5. The molecule has 22 heavy (non-hydrogen) atoms. The van der Waals surface area contributed by atoms with Crippen molar-refractivity contribution in [3.8, 4) is 0 Å². The maximum atomic E-state index is 12.1. The molecular formula is C17H24N2O3. The van der Waals surface area contributed by atoms with Crippen LogP contribution in [0.4, 0.5) is 5.69 Å². The predicted molar refractivity (Wildman–Crippen MR) is 85.8 cm³/mol. The van der Waals surface area contributed by atoms with E-state index in [9.17, 15) is 9.59 Å². The van der Waals surface area contributed by atoms with Crippen molar-refractivity contribution in [2.24, 2.45) is 5.92 Å². The summed E-state index contributed by atoms with van der Waals surface area (Å²) >= 11 is 0. The normalized spacial score (nSPS) is 17.8. The largest absolute Gasteiger partial charge is 0.382 e. The van der Waals surface area contributed by atoms with E-state index in [0.717, 1.165) is 17.7 Å². The standard InChI is InChI=1S/C17H24N2O3/c1-3-22-9-5-8-18-17(21)14-11-16(20)19(12-14)15-7-4-6-13(2)10-15/h4,6-7,10,14H,3,5,8-9,11-12H2,1-2H3,(H,18,21). The maximum Gasteiger partial charge on any atom is 0.227 e. The average molecular weight is 304 g/mol. The third-order valence-corrected chi connectivity index (χ3v) is 3.78. The number of nitrogens with zero attached hydrogens (tertiary/aromatic N) is 1. The van der Waals surface area contributed by atoms with Crippen LogP contribution >= 0.6 is 0 Å². The first-order chi connectivity index (χ1) is 10.6. The highest BCUT2D eigenvalue weighted by molar-refractivity contribution is 6.00. The van der Waals surface area contributed by atoms with Gasteiger partial charge in [0, 0.05) is 38.4 Å². The van der Waals surface area contributed by atoms with E-state index < -0.39 is 0 Å². The van der Waals surface area contributed by atoms with Gasteiger partial charge < -0.3 is 15.0 Å². The van der Waals surface area contributed by atoms with Crippen molar-refractivity contribution >= 4 is 17.5 Å². The van der Waals surface area contributed by atoms with Crippen LogP contribution in [0.3, 0.4) is 0 Å². The number of rotatable bonds is 7. The molecule has 1 aliphatic heterocycles. The van der Waals surface area contributed by atoms with Gasteiger partial charge in [-0.3, -0.25) is 9.59 Å². The van der Waals surface area contributed by atoms with Gasteiger partial charge in [0.2, 0.25) is 11.8 Å². The van der Waals surface area contributed by atoms with Crippen LogP contribution in [0, 0.1) is 12.8 Å². The van der Waals surface area contributed by atoms with Crippen molar-refractivity contribution in [2.45, 2.75) is 26.7 Å². The Kier molecular flexibility index (Phi) is 5.95. The molecule has 1 unspecified atom stereocenters. The summed E-state index contributed by atoms with van der Waals surface area (Å²) in [5, 5.41) is 2.89. The van der Waals surface area contributed by atoms with Gasteiger partial charge in [0.05, 0.1) is 5.92 Å². The molecule has 2 rings (SSSR count). The molecule has 1 aromatic carbocycles. The Morgan fingerprint density at radius 2 is 2.27 bits per heavy atom. The van der Waals surface area contributed by atoms with Crippen molar-refractivity contribution in [2.75, 3.05) is 31.2 Å².